The van der Waals surface area contributed by atoms with E-state index in [1.165, 1.54) is 12.1 Å². The van der Waals surface area contributed by atoms with Gasteiger partial charge in [-0.15, -0.1) is 0 Å². The molecule has 0 saturated carbocycles. The van der Waals surface area contributed by atoms with Crippen LogP contribution in [0.2, 0.25) is 0 Å². The molecule has 0 aliphatic heterocycles. The molecule has 0 aliphatic rings. The van der Waals surface area contributed by atoms with Crippen LogP contribution >= 0.6 is 0 Å². The van der Waals surface area contributed by atoms with E-state index in [9.17, 15) is 9.18 Å². The van der Waals surface area contributed by atoms with Crippen LogP contribution in [0.15, 0.2) is 54.7 Å². The van der Waals surface area contributed by atoms with Crippen LogP contribution < -0.4 is 0 Å². The van der Waals surface area contributed by atoms with Crippen molar-refractivity contribution in [3.63, 3.8) is 0 Å². The molecule has 0 fully saturated rings. The number of nitrogens with zero attached hydrogens (tertiary/aromatic N) is 1. The average Bonchev–Trinajstić information content (AvgIpc) is 2.83. The molecular formula is C17H14FNO2. The molecule has 1 heterocycles. The molecule has 0 bridgehead atoms. The smallest absolute Gasteiger partial charge is 0.307 e. The Hall–Kier alpha value is -2.62. The second-order valence-electron chi connectivity index (χ2n) is 5.03. The molecule has 0 aliphatic carbocycles. The standard InChI is InChI=1S/C17H14FNO2/c18-15-6-5-14-7-8-19(16(14)10-15)11-13-3-1-12(2-4-13)9-17(20)21/h1-8,10H,9,11H2,(H,20,21). The maximum Gasteiger partial charge on any atom is 0.307 e. The lowest BCUT2D eigenvalue weighted by Gasteiger charge is -2.07. The van der Waals surface area contributed by atoms with Gasteiger partial charge in [0, 0.05) is 12.7 Å². The summed E-state index contributed by atoms with van der Waals surface area (Å²) in [7, 11) is 0. The molecular weight excluding hydrogens is 269 g/mol. The fourth-order valence-corrected chi connectivity index (χ4v) is 2.43. The number of carboxylic acid groups (broad SMARTS) is 1. The average molecular weight is 283 g/mol. The molecule has 2 aromatic carbocycles. The van der Waals surface area contributed by atoms with Crippen molar-refractivity contribution in [3.8, 4) is 0 Å². The summed E-state index contributed by atoms with van der Waals surface area (Å²) in [4.78, 5) is 10.6. The zero-order valence-corrected chi connectivity index (χ0v) is 11.3. The molecule has 21 heavy (non-hydrogen) atoms. The van der Waals surface area contributed by atoms with Crippen LogP contribution in [0.3, 0.4) is 0 Å². The maximum absolute atomic E-state index is 13.3. The highest BCUT2D eigenvalue weighted by atomic mass is 19.1. The van der Waals surface area contributed by atoms with Gasteiger partial charge in [-0.2, -0.15) is 0 Å². The van der Waals surface area contributed by atoms with Gasteiger partial charge < -0.3 is 9.67 Å². The first-order valence-electron chi connectivity index (χ1n) is 6.66. The third-order valence-corrected chi connectivity index (χ3v) is 3.47. The molecule has 0 unspecified atom stereocenters. The topological polar surface area (TPSA) is 42.2 Å². The minimum absolute atomic E-state index is 0.0257. The predicted molar refractivity (Wildman–Crippen MR) is 78.8 cm³/mol. The fraction of sp³-hybridized carbons (Fsp3) is 0.118. The molecule has 0 radical (unpaired) electrons. The van der Waals surface area contributed by atoms with Crippen LogP contribution in [0.1, 0.15) is 11.1 Å². The minimum Gasteiger partial charge on any atom is -0.481 e. The van der Waals surface area contributed by atoms with Crippen molar-refractivity contribution in [3.05, 3.63) is 71.7 Å². The first-order chi connectivity index (χ1) is 10.1. The number of hydrogen-bond acceptors (Lipinski definition) is 1. The van der Waals surface area contributed by atoms with Crippen LogP contribution in [0.5, 0.6) is 0 Å². The van der Waals surface area contributed by atoms with Crippen LogP contribution in [0.4, 0.5) is 4.39 Å². The molecule has 0 atom stereocenters. The van der Waals surface area contributed by atoms with Gasteiger partial charge in [-0.05, 0) is 40.8 Å². The molecule has 3 nitrogen and oxygen atoms in total. The van der Waals surface area contributed by atoms with Crippen molar-refractivity contribution in [2.75, 3.05) is 0 Å². The number of aliphatic carboxylic acids is 1. The monoisotopic (exact) mass is 283 g/mol. The number of rotatable bonds is 4. The molecule has 4 heteroatoms. The predicted octanol–water partition coefficient (Wildman–Crippen LogP) is 3.46. The van der Waals surface area contributed by atoms with E-state index in [1.807, 2.05) is 41.1 Å². The highest BCUT2D eigenvalue weighted by Crippen LogP contribution is 2.18. The Labute approximate surface area is 121 Å². The first kappa shape index (κ1) is 13.4. The Kier molecular flexibility index (Phi) is 3.44. The van der Waals surface area contributed by atoms with Crippen molar-refractivity contribution in [1.82, 2.24) is 4.57 Å². The van der Waals surface area contributed by atoms with Crippen molar-refractivity contribution < 1.29 is 14.3 Å². The Bertz CT molecular complexity index is 790. The summed E-state index contributed by atoms with van der Waals surface area (Å²) in [6.45, 7) is 0.625. The molecule has 3 aromatic rings. The van der Waals surface area contributed by atoms with Crippen molar-refractivity contribution >= 4 is 16.9 Å². The number of hydrogen-bond donors (Lipinski definition) is 1. The second kappa shape index (κ2) is 5.40. The van der Waals surface area contributed by atoms with Gasteiger partial charge in [0.25, 0.3) is 0 Å². The van der Waals surface area contributed by atoms with Gasteiger partial charge in [0.1, 0.15) is 5.82 Å². The van der Waals surface area contributed by atoms with Crippen molar-refractivity contribution in [2.45, 2.75) is 13.0 Å². The highest BCUT2D eigenvalue weighted by molar-refractivity contribution is 5.80. The lowest BCUT2D eigenvalue weighted by Crippen LogP contribution is -2.01. The summed E-state index contributed by atoms with van der Waals surface area (Å²) < 4.78 is 15.3. The van der Waals surface area contributed by atoms with Gasteiger partial charge in [-0.25, -0.2) is 4.39 Å². The number of aromatic nitrogens is 1. The molecule has 1 N–H and O–H groups in total. The van der Waals surface area contributed by atoms with Crippen LogP contribution in [-0.4, -0.2) is 15.6 Å². The second-order valence-corrected chi connectivity index (χ2v) is 5.03. The summed E-state index contributed by atoms with van der Waals surface area (Å²) >= 11 is 0. The summed E-state index contributed by atoms with van der Waals surface area (Å²) in [6, 6.07) is 14.1. The summed E-state index contributed by atoms with van der Waals surface area (Å²) in [5.74, 6) is -1.09. The van der Waals surface area contributed by atoms with Crippen molar-refractivity contribution in [1.29, 1.82) is 0 Å². The Morgan fingerprint density at radius 3 is 2.48 bits per heavy atom. The Morgan fingerprint density at radius 2 is 1.76 bits per heavy atom. The van der Waals surface area contributed by atoms with Crippen molar-refractivity contribution in [2.24, 2.45) is 0 Å². The third kappa shape index (κ3) is 2.94. The first-order valence-corrected chi connectivity index (χ1v) is 6.66. The SMILES string of the molecule is O=C(O)Cc1ccc(Cn2ccc3ccc(F)cc32)cc1. The summed E-state index contributed by atoms with van der Waals surface area (Å²) in [6.07, 6.45) is 1.95. The van der Waals surface area contributed by atoms with Gasteiger partial charge in [-0.1, -0.05) is 24.3 Å². The van der Waals surface area contributed by atoms with E-state index in [-0.39, 0.29) is 12.2 Å². The van der Waals surface area contributed by atoms with Gasteiger partial charge in [-0.3, -0.25) is 4.79 Å². The van der Waals surface area contributed by atoms with E-state index in [0.29, 0.717) is 6.54 Å². The maximum atomic E-state index is 13.3. The number of benzene rings is 2. The van der Waals surface area contributed by atoms with Crippen LogP contribution in [0, 0.1) is 5.82 Å². The molecule has 106 valence electrons. The molecule has 0 saturated heterocycles. The number of fused-ring (bicyclic) bond motifs is 1. The zero-order chi connectivity index (χ0) is 14.8. The van der Waals surface area contributed by atoms with E-state index in [2.05, 4.69) is 0 Å². The van der Waals surface area contributed by atoms with Gasteiger partial charge >= 0.3 is 5.97 Å². The van der Waals surface area contributed by atoms with Gasteiger partial charge in [0.15, 0.2) is 0 Å². The summed E-state index contributed by atoms with van der Waals surface area (Å²) in [5, 5.41) is 9.75. The van der Waals surface area contributed by atoms with E-state index in [4.69, 9.17) is 5.11 Å². The van der Waals surface area contributed by atoms with E-state index < -0.39 is 5.97 Å². The Balaban J connectivity index is 1.85. The van der Waals surface area contributed by atoms with Crippen LogP contribution in [0.25, 0.3) is 10.9 Å². The van der Waals surface area contributed by atoms with Gasteiger partial charge in [0.05, 0.1) is 11.9 Å². The van der Waals surface area contributed by atoms with E-state index >= 15 is 0 Å². The lowest BCUT2D eigenvalue weighted by atomic mass is 10.1. The van der Waals surface area contributed by atoms with Crippen LogP contribution in [-0.2, 0) is 17.8 Å². The van der Waals surface area contributed by atoms with E-state index in [1.54, 1.807) is 6.07 Å². The number of halogens is 1. The normalized spacial score (nSPS) is 10.9. The molecule has 0 amide bonds. The van der Waals surface area contributed by atoms with E-state index in [0.717, 1.165) is 22.0 Å². The largest absolute Gasteiger partial charge is 0.481 e. The third-order valence-electron chi connectivity index (χ3n) is 3.47. The zero-order valence-electron chi connectivity index (χ0n) is 11.3. The van der Waals surface area contributed by atoms with Gasteiger partial charge in [0.2, 0.25) is 0 Å². The quantitative estimate of drug-likeness (QED) is 0.796. The summed E-state index contributed by atoms with van der Waals surface area (Å²) in [5.41, 5.74) is 2.67. The molecule has 1 aromatic heterocycles. The molecule has 3 rings (SSSR count). The molecule has 0 spiro atoms. The number of carboxylic acids is 1. The lowest BCUT2D eigenvalue weighted by molar-refractivity contribution is -0.136. The minimum atomic E-state index is -0.838. The number of carbonyl (C=O) groups is 1. The Morgan fingerprint density at radius 1 is 1.05 bits per heavy atom. The highest BCUT2D eigenvalue weighted by Gasteiger charge is 2.04. The fourth-order valence-electron chi connectivity index (χ4n) is 2.43.